The summed E-state index contributed by atoms with van der Waals surface area (Å²) in [6.07, 6.45) is 2.80. The second kappa shape index (κ2) is 8.00. The number of rotatable bonds is 6. The van der Waals surface area contributed by atoms with E-state index in [0.717, 1.165) is 31.4 Å². The molecule has 1 aromatic carbocycles. The predicted molar refractivity (Wildman–Crippen MR) is 112 cm³/mol. The van der Waals surface area contributed by atoms with Crippen LogP contribution in [0.2, 0.25) is 0 Å². The Hall–Kier alpha value is -2.45. The van der Waals surface area contributed by atoms with E-state index in [4.69, 9.17) is 11.5 Å². The van der Waals surface area contributed by atoms with Gasteiger partial charge < -0.3 is 21.3 Å². The number of hydrogen-bond donors (Lipinski definition) is 2. The molecule has 2 bridgehead atoms. The third-order valence-electron chi connectivity index (χ3n) is 6.97. The van der Waals surface area contributed by atoms with Crippen molar-refractivity contribution in [3.63, 3.8) is 0 Å². The maximum atomic E-state index is 13.1. The fraction of sp³-hybridized carbons (Fsp3) is 0.591. The van der Waals surface area contributed by atoms with Gasteiger partial charge in [0, 0.05) is 37.3 Å². The number of primary amides is 1. The normalized spacial score (nSPS) is 28.2. The number of piperazine rings is 1. The highest BCUT2D eigenvalue weighted by molar-refractivity contribution is 5.93. The smallest absolute Gasteiger partial charge is 0.248 e. The van der Waals surface area contributed by atoms with E-state index in [1.54, 1.807) is 18.2 Å². The van der Waals surface area contributed by atoms with E-state index in [1.807, 2.05) is 22.8 Å². The van der Waals surface area contributed by atoms with Crippen molar-refractivity contribution in [2.75, 3.05) is 19.6 Å². The van der Waals surface area contributed by atoms with E-state index >= 15 is 0 Å². The molecule has 3 saturated heterocycles. The highest BCUT2D eigenvalue weighted by atomic mass is 16.2. The van der Waals surface area contributed by atoms with Crippen molar-refractivity contribution in [1.29, 1.82) is 0 Å². The van der Waals surface area contributed by atoms with Gasteiger partial charge in [-0.15, -0.1) is 0 Å². The lowest BCUT2D eigenvalue weighted by molar-refractivity contribution is -0.141. The Morgan fingerprint density at radius 2 is 2.07 bits per heavy atom. The molecule has 30 heavy (non-hydrogen) atoms. The van der Waals surface area contributed by atoms with Gasteiger partial charge in [0.15, 0.2) is 0 Å². The van der Waals surface area contributed by atoms with Gasteiger partial charge in [-0.1, -0.05) is 12.1 Å². The van der Waals surface area contributed by atoms with Crippen LogP contribution in [0.25, 0.3) is 0 Å². The first-order chi connectivity index (χ1) is 14.3. The van der Waals surface area contributed by atoms with E-state index in [2.05, 4.69) is 11.8 Å². The summed E-state index contributed by atoms with van der Waals surface area (Å²) in [5, 5.41) is 0. The molecule has 4 N–H and O–H groups in total. The Bertz CT molecular complexity index is 859. The zero-order valence-electron chi connectivity index (χ0n) is 17.7. The Labute approximate surface area is 177 Å². The first-order valence-electron chi connectivity index (χ1n) is 10.8. The van der Waals surface area contributed by atoms with Gasteiger partial charge in [-0.05, 0) is 50.8 Å². The number of benzene rings is 1. The zero-order chi connectivity index (χ0) is 21.6. The molecule has 4 rings (SSSR count). The van der Waals surface area contributed by atoms with Crippen molar-refractivity contribution in [3.8, 4) is 0 Å². The molecule has 0 spiro atoms. The molecule has 0 aromatic heterocycles. The molecule has 8 nitrogen and oxygen atoms in total. The molecule has 8 heteroatoms. The molecule has 5 atom stereocenters. The van der Waals surface area contributed by atoms with E-state index in [1.165, 1.54) is 0 Å². The van der Waals surface area contributed by atoms with Gasteiger partial charge >= 0.3 is 0 Å². The van der Waals surface area contributed by atoms with Crippen LogP contribution in [0.3, 0.4) is 0 Å². The average Bonchev–Trinajstić information content (AvgIpc) is 3.41. The van der Waals surface area contributed by atoms with Gasteiger partial charge in [-0.2, -0.15) is 0 Å². The van der Waals surface area contributed by atoms with E-state index in [-0.39, 0.29) is 36.0 Å². The summed E-state index contributed by atoms with van der Waals surface area (Å²) >= 11 is 0. The monoisotopic (exact) mass is 413 g/mol. The van der Waals surface area contributed by atoms with Gasteiger partial charge in [-0.25, -0.2) is 0 Å². The Balaban J connectivity index is 1.41. The molecular formula is C22H31N5O3. The predicted octanol–water partition coefficient (Wildman–Crippen LogP) is 0.470. The number of fused-ring (bicyclic) bond motifs is 2. The molecule has 3 heterocycles. The molecule has 1 aromatic rings. The zero-order valence-corrected chi connectivity index (χ0v) is 17.7. The summed E-state index contributed by atoms with van der Waals surface area (Å²) in [6, 6.07) is 6.50. The van der Waals surface area contributed by atoms with E-state index < -0.39 is 11.9 Å². The summed E-state index contributed by atoms with van der Waals surface area (Å²) in [5.74, 6) is -0.420. The lowest BCUT2D eigenvalue weighted by Crippen LogP contribution is -2.56. The average molecular weight is 414 g/mol. The van der Waals surface area contributed by atoms with Gasteiger partial charge in [-0.3, -0.25) is 19.3 Å². The standard InChI is InChI=1S/C22H31N5O3/c1-13-5-4-8-26(13)21(29)18(23)12-25-11-17-10-19(25)22(30)27(17)14(2)15-6-3-7-16(9-15)20(24)28/h3,6-7,9,13-14,17-19H,4-5,8,10-12,23H2,1-2H3,(H2,24,28)/t13?,14?,17-,18?,19?/m0/s1. The minimum absolute atomic E-state index is 0.0105. The topological polar surface area (TPSA) is 113 Å². The van der Waals surface area contributed by atoms with Crippen LogP contribution < -0.4 is 11.5 Å². The third-order valence-corrected chi connectivity index (χ3v) is 6.97. The second-order valence-electron chi connectivity index (χ2n) is 8.90. The van der Waals surface area contributed by atoms with Crippen LogP contribution >= 0.6 is 0 Å². The van der Waals surface area contributed by atoms with Gasteiger partial charge in [0.1, 0.15) is 0 Å². The Morgan fingerprint density at radius 1 is 1.30 bits per heavy atom. The van der Waals surface area contributed by atoms with Gasteiger partial charge in [0.05, 0.1) is 18.1 Å². The van der Waals surface area contributed by atoms with Crippen LogP contribution in [-0.2, 0) is 9.59 Å². The fourth-order valence-corrected chi connectivity index (χ4v) is 5.32. The largest absolute Gasteiger partial charge is 0.366 e. The quantitative estimate of drug-likeness (QED) is 0.704. The van der Waals surface area contributed by atoms with E-state index in [0.29, 0.717) is 18.7 Å². The maximum Gasteiger partial charge on any atom is 0.248 e. The number of carbonyl (C=O) groups excluding carboxylic acids is 3. The van der Waals surface area contributed by atoms with Crippen molar-refractivity contribution < 1.29 is 14.4 Å². The second-order valence-corrected chi connectivity index (χ2v) is 8.90. The molecule has 4 unspecified atom stereocenters. The van der Waals surface area contributed by atoms with E-state index in [9.17, 15) is 14.4 Å². The van der Waals surface area contributed by atoms with Crippen molar-refractivity contribution in [3.05, 3.63) is 35.4 Å². The summed E-state index contributed by atoms with van der Waals surface area (Å²) in [5.41, 5.74) is 13.0. The Morgan fingerprint density at radius 3 is 2.70 bits per heavy atom. The van der Waals surface area contributed by atoms with Crippen LogP contribution in [0.4, 0.5) is 0 Å². The number of carbonyl (C=O) groups is 3. The maximum absolute atomic E-state index is 13.1. The molecule has 3 aliphatic rings. The lowest BCUT2D eigenvalue weighted by Gasteiger charge is -2.38. The summed E-state index contributed by atoms with van der Waals surface area (Å²) < 4.78 is 0. The summed E-state index contributed by atoms with van der Waals surface area (Å²) in [4.78, 5) is 43.2. The molecule has 0 radical (unpaired) electrons. The first kappa shape index (κ1) is 20.8. The van der Waals surface area contributed by atoms with Gasteiger partial charge in [0.25, 0.3) is 0 Å². The highest BCUT2D eigenvalue weighted by Crippen LogP contribution is 2.38. The molecule has 3 aliphatic heterocycles. The highest BCUT2D eigenvalue weighted by Gasteiger charge is 2.51. The number of nitrogens with zero attached hydrogens (tertiary/aromatic N) is 3. The molecule has 0 saturated carbocycles. The number of hydrogen-bond acceptors (Lipinski definition) is 5. The minimum Gasteiger partial charge on any atom is -0.366 e. The molecular weight excluding hydrogens is 382 g/mol. The SMILES string of the molecule is CC1CCCN1C(=O)C(N)CN1C[C@@H]2CC1C(=O)N2C(C)c1cccc(C(N)=O)c1. The molecule has 3 fully saturated rings. The van der Waals surface area contributed by atoms with Crippen molar-refractivity contribution in [2.45, 2.75) is 63.3 Å². The molecule has 162 valence electrons. The third kappa shape index (κ3) is 3.58. The van der Waals surface area contributed by atoms with Crippen LogP contribution in [0.5, 0.6) is 0 Å². The van der Waals surface area contributed by atoms with Crippen LogP contribution in [0.1, 0.15) is 55.1 Å². The molecule has 3 amide bonds. The van der Waals surface area contributed by atoms with Gasteiger partial charge in [0.2, 0.25) is 17.7 Å². The molecule has 0 aliphatic carbocycles. The van der Waals surface area contributed by atoms with Crippen molar-refractivity contribution >= 4 is 17.7 Å². The number of likely N-dealkylation sites (tertiary alicyclic amines) is 3. The van der Waals surface area contributed by atoms with Crippen molar-refractivity contribution in [1.82, 2.24) is 14.7 Å². The van der Waals surface area contributed by atoms with Crippen LogP contribution in [0.15, 0.2) is 24.3 Å². The number of amides is 3. The van der Waals surface area contributed by atoms with Crippen LogP contribution in [0, 0.1) is 0 Å². The first-order valence-corrected chi connectivity index (χ1v) is 10.8. The summed E-state index contributed by atoms with van der Waals surface area (Å²) in [6.45, 7) is 5.94. The fourth-order valence-electron chi connectivity index (χ4n) is 5.32. The minimum atomic E-state index is -0.601. The summed E-state index contributed by atoms with van der Waals surface area (Å²) in [7, 11) is 0. The Kier molecular flexibility index (Phi) is 5.55. The number of nitrogens with two attached hydrogens (primary N) is 2. The lowest BCUT2D eigenvalue weighted by atomic mass is 10.0. The van der Waals surface area contributed by atoms with Crippen molar-refractivity contribution in [2.24, 2.45) is 11.5 Å². The van der Waals surface area contributed by atoms with Crippen LogP contribution in [-0.4, -0.2) is 76.2 Å².